The van der Waals surface area contributed by atoms with Crippen molar-refractivity contribution in [3.63, 3.8) is 0 Å². The van der Waals surface area contributed by atoms with E-state index in [0.29, 0.717) is 6.54 Å². The Kier molecular flexibility index (Phi) is 8.02. The van der Waals surface area contributed by atoms with Gasteiger partial charge in [-0.05, 0) is 32.4 Å². The first-order valence-electron chi connectivity index (χ1n) is 6.14. The summed E-state index contributed by atoms with van der Waals surface area (Å²) in [6.07, 6.45) is 3.40. The van der Waals surface area contributed by atoms with Gasteiger partial charge in [-0.2, -0.15) is 0 Å². The van der Waals surface area contributed by atoms with Gasteiger partial charge in [-0.3, -0.25) is 4.90 Å². The molecule has 0 aromatic carbocycles. The number of nitrogens with zero attached hydrogens (tertiary/aromatic N) is 1. The zero-order chi connectivity index (χ0) is 11.7. The van der Waals surface area contributed by atoms with Crippen molar-refractivity contribution in [2.24, 2.45) is 5.73 Å². The molecule has 0 rings (SSSR count). The van der Waals surface area contributed by atoms with Gasteiger partial charge in [0, 0.05) is 13.7 Å². The van der Waals surface area contributed by atoms with Crippen LogP contribution in [0.2, 0.25) is 0 Å². The van der Waals surface area contributed by atoms with Gasteiger partial charge in [0.05, 0.1) is 12.1 Å². The van der Waals surface area contributed by atoms with Crippen molar-refractivity contribution in [2.75, 3.05) is 33.4 Å². The maximum atomic E-state index is 5.94. The molecule has 1 unspecified atom stereocenters. The van der Waals surface area contributed by atoms with E-state index in [1.807, 2.05) is 0 Å². The number of ether oxygens (including phenoxy) is 1. The second-order valence-corrected chi connectivity index (χ2v) is 4.20. The smallest absolute Gasteiger partial charge is 0.0658 e. The van der Waals surface area contributed by atoms with E-state index in [1.54, 1.807) is 7.11 Å². The van der Waals surface area contributed by atoms with E-state index in [2.05, 4.69) is 25.7 Å². The molecule has 0 aromatic rings. The summed E-state index contributed by atoms with van der Waals surface area (Å²) < 4.78 is 5.34. The number of methoxy groups -OCH3 is 1. The van der Waals surface area contributed by atoms with Gasteiger partial charge in [0.25, 0.3) is 0 Å². The Balaban J connectivity index is 4.62. The van der Waals surface area contributed by atoms with E-state index < -0.39 is 0 Å². The maximum absolute atomic E-state index is 5.94. The molecule has 0 aromatic heterocycles. The Morgan fingerprint density at radius 2 is 1.67 bits per heavy atom. The van der Waals surface area contributed by atoms with E-state index in [0.717, 1.165) is 26.1 Å². The van der Waals surface area contributed by atoms with E-state index in [4.69, 9.17) is 10.5 Å². The highest BCUT2D eigenvalue weighted by Crippen LogP contribution is 2.20. The lowest BCUT2D eigenvalue weighted by Crippen LogP contribution is -2.57. The van der Waals surface area contributed by atoms with Gasteiger partial charge in [-0.1, -0.05) is 20.8 Å². The summed E-state index contributed by atoms with van der Waals surface area (Å²) in [5.41, 5.74) is 5.99. The quantitative estimate of drug-likeness (QED) is 0.639. The molecule has 0 amide bonds. The van der Waals surface area contributed by atoms with E-state index >= 15 is 0 Å². The standard InChI is InChI=1S/C12H28N2O/c1-5-8-14(9-6-2)12(7-3,10-13)11-15-4/h5-11,13H2,1-4H3. The van der Waals surface area contributed by atoms with Crippen molar-refractivity contribution in [1.82, 2.24) is 4.90 Å². The largest absolute Gasteiger partial charge is 0.383 e. The number of hydrogen-bond donors (Lipinski definition) is 1. The molecule has 0 saturated carbocycles. The average Bonchev–Trinajstić information content (AvgIpc) is 2.26. The molecule has 0 radical (unpaired) electrons. The summed E-state index contributed by atoms with van der Waals surface area (Å²) >= 11 is 0. The molecule has 2 N–H and O–H groups in total. The van der Waals surface area contributed by atoms with Crippen LogP contribution >= 0.6 is 0 Å². The predicted molar refractivity (Wildman–Crippen MR) is 66.1 cm³/mol. The second-order valence-electron chi connectivity index (χ2n) is 4.20. The minimum absolute atomic E-state index is 0.0424. The Morgan fingerprint density at radius 3 is 1.93 bits per heavy atom. The highest BCUT2D eigenvalue weighted by molar-refractivity contribution is 4.90. The van der Waals surface area contributed by atoms with Crippen LogP contribution in [0.25, 0.3) is 0 Å². The average molecular weight is 216 g/mol. The summed E-state index contributed by atoms with van der Waals surface area (Å²) in [7, 11) is 1.76. The zero-order valence-electron chi connectivity index (χ0n) is 10.9. The van der Waals surface area contributed by atoms with Crippen LogP contribution in [0.1, 0.15) is 40.0 Å². The molecule has 0 aliphatic heterocycles. The third-order valence-corrected chi connectivity index (χ3v) is 3.11. The molecule has 1 atom stereocenters. The summed E-state index contributed by atoms with van der Waals surface area (Å²) in [6, 6.07) is 0. The van der Waals surface area contributed by atoms with Gasteiger partial charge in [0.2, 0.25) is 0 Å². The summed E-state index contributed by atoms with van der Waals surface area (Å²) in [5.74, 6) is 0. The Hall–Kier alpha value is -0.120. The fourth-order valence-corrected chi connectivity index (χ4v) is 2.14. The summed E-state index contributed by atoms with van der Waals surface area (Å²) in [6.45, 7) is 10.3. The lowest BCUT2D eigenvalue weighted by Gasteiger charge is -2.42. The maximum Gasteiger partial charge on any atom is 0.0658 e. The number of hydrogen-bond acceptors (Lipinski definition) is 3. The van der Waals surface area contributed by atoms with Gasteiger partial charge in [-0.15, -0.1) is 0 Å². The van der Waals surface area contributed by atoms with Crippen molar-refractivity contribution < 1.29 is 4.74 Å². The van der Waals surface area contributed by atoms with E-state index in [-0.39, 0.29) is 5.54 Å². The molecule has 0 aliphatic rings. The van der Waals surface area contributed by atoms with Crippen molar-refractivity contribution in [3.05, 3.63) is 0 Å². The first-order chi connectivity index (χ1) is 7.20. The molecular weight excluding hydrogens is 188 g/mol. The van der Waals surface area contributed by atoms with Crippen LogP contribution in [-0.4, -0.2) is 43.8 Å². The van der Waals surface area contributed by atoms with Crippen LogP contribution in [0.3, 0.4) is 0 Å². The van der Waals surface area contributed by atoms with Crippen molar-refractivity contribution >= 4 is 0 Å². The Morgan fingerprint density at radius 1 is 1.13 bits per heavy atom. The normalized spacial score (nSPS) is 15.6. The highest BCUT2D eigenvalue weighted by atomic mass is 16.5. The van der Waals surface area contributed by atoms with Crippen LogP contribution in [0.15, 0.2) is 0 Å². The molecule has 0 heterocycles. The minimum Gasteiger partial charge on any atom is -0.383 e. The molecule has 0 fully saturated rings. The SMILES string of the molecule is CCCN(CCC)C(CC)(CN)COC. The van der Waals surface area contributed by atoms with Crippen LogP contribution in [-0.2, 0) is 4.74 Å². The monoisotopic (exact) mass is 216 g/mol. The first-order valence-corrected chi connectivity index (χ1v) is 6.14. The fraction of sp³-hybridized carbons (Fsp3) is 1.00. The molecule has 0 saturated heterocycles. The molecule has 0 aliphatic carbocycles. The lowest BCUT2D eigenvalue weighted by atomic mass is 9.94. The van der Waals surface area contributed by atoms with E-state index in [1.165, 1.54) is 12.8 Å². The topological polar surface area (TPSA) is 38.5 Å². The highest BCUT2D eigenvalue weighted by Gasteiger charge is 2.32. The van der Waals surface area contributed by atoms with Gasteiger partial charge < -0.3 is 10.5 Å². The fourth-order valence-electron chi connectivity index (χ4n) is 2.14. The van der Waals surface area contributed by atoms with Crippen LogP contribution in [0, 0.1) is 0 Å². The molecule has 0 bridgehead atoms. The zero-order valence-corrected chi connectivity index (χ0v) is 10.9. The predicted octanol–water partition coefficient (Wildman–Crippen LogP) is 1.86. The molecule has 0 spiro atoms. The van der Waals surface area contributed by atoms with Gasteiger partial charge >= 0.3 is 0 Å². The second kappa shape index (κ2) is 8.08. The third-order valence-electron chi connectivity index (χ3n) is 3.11. The van der Waals surface area contributed by atoms with Gasteiger partial charge in [-0.25, -0.2) is 0 Å². The lowest BCUT2D eigenvalue weighted by molar-refractivity contribution is 0.0115. The molecule has 15 heavy (non-hydrogen) atoms. The van der Waals surface area contributed by atoms with Gasteiger partial charge in [0.15, 0.2) is 0 Å². The van der Waals surface area contributed by atoms with Crippen molar-refractivity contribution in [2.45, 2.75) is 45.6 Å². The number of nitrogens with two attached hydrogens (primary N) is 1. The van der Waals surface area contributed by atoms with Gasteiger partial charge in [0.1, 0.15) is 0 Å². The van der Waals surface area contributed by atoms with E-state index in [9.17, 15) is 0 Å². The molecule has 92 valence electrons. The summed E-state index contributed by atoms with van der Waals surface area (Å²) in [5, 5.41) is 0. The first kappa shape index (κ1) is 14.9. The van der Waals surface area contributed by atoms with Crippen LogP contribution in [0.4, 0.5) is 0 Å². The Bertz CT molecular complexity index is 141. The Labute approximate surface area is 95.0 Å². The third kappa shape index (κ3) is 4.09. The molecular formula is C12H28N2O. The number of rotatable bonds is 9. The van der Waals surface area contributed by atoms with Crippen LogP contribution < -0.4 is 5.73 Å². The van der Waals surface area contributed by atoms with Crippen molar-refractivity contribution in [1.29, 1.82) is 0 Å². The van der Waals surface area contributed by atoms with Crippen LogP contribution in [0.5, 0.6) is 0 Å². The van der Waals surface area contributed by atoms with Crippen molar-refractivity contribution in [3.8, 4) is 0 Å². The summed E-state index contributed by atoms with van der Waals surface area (Å²) in [4.78, 5) is 2.50. The molecule has 3 nitrogen and oxygen atoms in total. The minimum atomic E-state index is 0.0424. The molecule has 3 heteroatoms.